The maximum atomic E-state index is 6.55. The predicted molar refractivity (Wildman–Crippen MR) is 363 cm³/mol. The van der Waals surface area contributed by atoms with Crippen LogP contribution in [0.15, 0.2) is 223 Å². The summed E-state index contributed by atoms with van der Waals surface area (Å²) in [7, 11) is 0. The molecule has 0 radical (unpaired) electrons. The lowest BCUT2D eigenvalue weighted by Crippen LogP contribution is -2.60. The van der Waals surface area contributed by atoms with Crippen LogP contribution < -0.4 is 30.4 Å². The van der Waals surface area contributed by atoms with Gasteiger partial charge in [0.25, 0.3) is 6.71 Å². The predicted octanol–water partition coefficient (Wildman–Crippen LogP) is 20.9. The summed E-state index contributed by atoms with van der Waals surface area (Å²) < 4.78 is 9.17. The fourth-order valence-electron chi connectivity index (χ4n) is 13.0. The van der Waals surface area contributed by atoms with Crippen molar-refractivity contribution in [2.24, 2.45) is 0 Å². The fraction of sp³-hybridized carbons (Fsp3) is 0.205. The van der Waals surface area contributed by atoms with Gasteiger partial charge in [0.15, 0.2) is 0 Å². The summed E-state index contributed by atoms with van der Waals surface area (Å²) >= 11 is 1.95. The standard InChI is InChI=1S/C78H72BN3OS/c1-75(2,3)52-27-33-56(34-28-52)80(57-35-29-53(30-36-57)76(4,5)6)59-37-39-64-66(48-59)82(65-40-31-54(77(7,8)9)45-61(65)50-23-17-14-18-24-50)68-44-51(49-21-15-13-16-22-49)43-67-72(68)79(64)74-73(63-46-55(78(10,11)12)32-42-71(63)84-74)81(67)58-38-41-70-62(47-58)60-25-19-20-26-69(60)83-70/h13-48H,1-12H3. The Morgan fingerprint density at radius 1 is 0.381 bits per heavy atom. The van der Waals surface area contributed by atoms with Crippen LogP contribution in [-0.2, 0) is 21.7 Å². The molecule has 2 aromatic heterocycles. The van der Waals surface area contributed by atoms with E-state index in [9.17, 15) is 0 Å². The van der Waals surface area contributed by atoms with Gasteiger partial charge in [-0.3, -0.25) is 0 Å². The fourth-order valence-corrected chi connectivity index (χ4v) is 14.3. The van der Waals surface area contributed by atoms with Crippen LogP contribution in [0, 0.1) is 0 Å². The molecule has 0 aliphatic carbocycles. The molecular formula is C78H72BN3OS. The monoisotopic (exact) mass is 1110 g/mol. The summed E-state index contributed by atoms with van der Waals surface area (Å²) in [5.41, 5.74) is 24.3. The molecule has 0 fully saturated rings. The van der Waals surface area contributed by atoms with Crippen molar-refractivity contribution in [3.8, 4) is 22.3 Å². The third-order valence-corrected chi connectivity index (χ3v) is 18.9. The summed E-state index contributed by atoms with van der Waals surface area (Å²) in [6, 6.07) is 82.7. The zero-order valence-corrected chi connectivity index (χ0v) is 51.3. The van der Waals surface area contributed by atoms with Crippen LogP contribution in [0.1, 0.15) is 105 Å². The normalized spacial score (nSPS) is 13.4. The highest BCUT2D eigenvalue weighted by Crippen LogP contribution is 2.53. The average molecular weight is 1110 g/mol. The molecule has 414 valence electrons. The Bertz CT molecular complexity index is 4470. The molecular weight excluding hydrogens is 1040 g/mol. The van der Waals surface area contributed by atoms with Crippen molar-refractivity contribution < 1.29 is 4.42 Å². The Morgan fingerprint density at radius 2 is 0.917 bits per heavy atom. The van der Waals surface area contributed by atoms with Gasteiger partial charge in [-0.05, 0) is 169 Å². The van der Waals surface area contributed by atoms with Crippen LogP contribution in [0.25, 0.3) is 54.3 Å². The molecule has 12 aromatic rings. The first kappa shape index (κ1) is 53.4. The number of anilines is 9. The molecule has 10 aromatic carbocycles. The number of rotatable bonds is 7. The van der Waals surface area contributed by atoms with Crippen LogP contribution in [0.2, 0.25) is 0 Å². The number of benzene rings is 10. The summed E-state index contributed by atoms with van der Waals surface area (Å²) in [6.45, 7) is 27.6. The Morgan fingerprint density at radius 3 is 1.55 bits per heavy atom. The molecule has 84 heavy (non-hydrogen) atoms. The number of para-hydroxylation sites is 1. The molecule has 4 heterocycles. The highest BCUT2D eigenvalue weighted by atomic mass is 32.1. The lowest BCUT2D eigenvalue weighted by atomic mass is 9.36. The van der Waals surface area contributed by atoms with E-state index in [0.29, 0.717) is 0 Å². The minimum Gasteiger partial charge on any atom is -0.456 e. The second-order valence-corrected chi connectivity index (χ2v) is 28.6. The Balaban J connectivity index is 1.11. The van der Waals surface area contributed by atoms with Gasteiger partial charge in [0.1, 0.15) is 11.2 Å². The van der Waals surface area contributed by atoms with Gasteiger partial charge in [-0.25, -0.2) is 0 Å². The number of furan rings is 1. The topological polar surface area (TPSA) is 22.9 Å². The van der Waals surface area contributed by atoms with E-state index in [2.05, 4.69) is 316 Å². The Kier molecular flexibility index (Phi) is 12.4. The van der Waals surface area contributed by atoms with Crippen molar-refractivity contribution >= 4 is 117 Å². The maximum Gasteiger partial charge on any atom is 0.264 e. The maximum absolute atomic E-state index is 6.55. The van der Waals surface area contributed by atoms with E-state index in [4.69, 9.17) is 4.42 Å². The first-order valence-electron chi connectivity index (χ1n) is 29.8. The lowest BCUT2D eigenvalue weighted by Gasteiger charge is -2.44. The van der Waals surface area contributed by atoms with E-state index in [1.165, 1.54) is 70.5 Å². The number of thiophene rings is 1. The van der Waals surface area contributed by atoms with Crippen LogP contribution in [0.3, 0.4) is 0 Å². The summed E-state index contributed by atoms with van der Waals surface area (Å²) in [4.78, 5) is 7.73. The van der Waals surface area contributed by atoms with E-state index in [1.54, 1.807) is 0 Å². The highest BCUT2D eigenvalue weighted by Gasteiger charge is 2.46. The smallest absolute Gasteiger partial charge is 0.264 e. The quantitative estimate of drug-likeness (QED) is 0.148. The van der Waals surface area contributed by atoms with Gasteiger partial charge in [0.05, 0.1) is 11.4 Å². The van der Waals surface area contributed by atoms with Crippen LogP contribution in [0.5, 0.6) is 0 Å². The van der Waals surface area contributed by atoms with Crippen molar-refractivity contribution in [2.75, 3.05) is 14.7 Å². The van der Waals surface area contributed by atoms with Crippen LogP contribution >= 0.6 is 11.3 Å². The molecule has 0 saturated heterocycles. The Labute approximate surface area is 500 Å². The minimum absolute atomic E-state index is 0.00357. The summed E-state index contributed by atoms with van der Waals surface area (Å²) in [5, 5.41) is 3.48. The SMILES string of the molecule is CC(C)(C)c1ccc(N(c2ccc(C(C)(C)C)cc2)c2ccc3c(c2)N(c2ccc(C(C)(C)C)cc2-c2ccccc2)c2cc(-c4ccccc4)cc4c2B3c2sc3ccc(C(C)(C)C)cc3c2N4c2ccc3oc4ccccc4c3c2)cc1. The number of fused-ring (bicyclic) bond motifs is 9. The first-order chi connectivity index (χ1) is 40.2. The third kappa shape index (κ3) is 9.04. The van der Waals surface area contributed by atoms with Gasteiger partial charge < -0.3 is 19.1 Å². The summed E-state index contributed by atoms with van der Waals surface area (Å²) in [6.07, 6.45) is 0. The van der Waals surface area contributed by atoms with E-state index in [1.807, 2.05) is 11.3 Å². The van der Waals surface area contributed by atoms with Crippen molar-refractivity contribution in [1.82, 2.24) is 0 Å². The molecule has 4 nitrogen and oxygen atoms in total. The van der Waals surface area contributed by atoms with Gasteiger partial charge in [-0.1, -0.05) is 204 Å². The molecule has 0 N–H and O–H groups in total. The number of nitrogens with zero attached hydrogens (tertiary/aromatic N) is 3. The second kappa shape index (κ2) is 19.5. The third-order valence-electron chi connectivity index (χ3n) is 17.7. The van der Waals surface area contributed by atoms with E-state index in [0.717, 1.165) is 72.9 Å². The molecule has 0 bridgehead atoms. The van der Waals surface area contributed by atoms with E-state index < -0.39 is 0 Å². The molecule has 0 amide bonds. The Hall–Kier alpha value is -8.58. The van der Waals surface area contributed by atoms with E-state index >= 15 is 0 Å². The molecule has 2 aliphatic heterocycles. The molecule has 2 aliphatic rings. The molecule has 0 unspecified atom stereocenters. The van der Waals surface area contributed by atoms with Gasteiger partial charge in [0.2, 0.25) is 0 Å². The molecule has 0 saturated carbocycles. The van der Waals surface area contributed by atoms with Crippen molar-refractivity contribution in [2.45, 2.75) is 105 Å². The average Bonchev–Trinajstić information content (AvgIpc) is 1.24. The first-order valence-corrected chi connectivity index (χ1v) is 30.7. The summed E-state index contributed by atoms with van der Waals surface area (Å²) in [5.74, 6) is 0. The van der Waals surface area contributed by atoms with Crippen molar-refractivity contribution in [3.63, 3.8) is 0 Å². The van der Waals surface area contributed by atoms with Crippen molar-refractivity contribution in [3.05, 3.63) is 241 Å². The zero-order valence-electron chi connectivity index (χ0n) is 50.5. The largest absolute Gasteiger partial charge is 0.456 e. The van der Waals surface area contributed by atoms with Gasteiger partial charge in [-0.15, -0.1) is 11.3 Å². The van der Waals surface area contributed by atoms with Crippen LogP contribution in [-0.4, -0.2) is 6.71 Å². The lowest BCUT2D eigenvalue weighted by molar-refractivity contribution is 0.590. The number of hydrogen-bond acceptors (Lipinski definition) is 5. The van der Waals surface area contributed by atoms with Crippen LogP contribution in [0.4, 0.5) is 51.2 Å². The van der Waals surface area contributed by atoms with E-state index in [-0.39, 0.29) is 28.4 Å². The molecule has 14 rings (SSSR count). The molecule has 0 atom stereocenters. The van der Waals surface area contributed by atoms with Gasteiger partial charge in [-0.2, -0.15) is 0 Å². The zero-order chi connectivity index (χ0) is 58.2. The second-order valence-electron chi connectivity index (χ2n) is 27.5. The molecule has 0 spiro atoms. The highest BCUT2D eigenvalue weighted by molar-refractivity contribution is 7.33. The molecule has 6 heteroatoms. The van der Waals surface area contributed by atoms with Gasteiger partial charge >= 0.3 is 0 Å². The van der Waals surface area contributed by atoms with Gasteiger partial charge in [0, 0.05) is 71.0 Å². The van der Waals surface area contributed by atoms with Crippen molar-refractivity contribution in [1.29, 1.82) is 0 Å². The minimum atomic E-state index is -0.111. The number of hydrogen-bond donors (Lipinski definition) is 0.